The van der Waals surface area contributed by atoms with Crippen LogP contribution in [-0.2, 0) is 26.1 Å². The van der Waals surface area contributed by atoms with Crippen molar-refractivity contribution in [3.05, 3.63) is 88.2 Å². The lowest BCUT2D eigenvalue weighted by molar-refractivity contribution is 0.0172. The van der Waals surface area contributed by atoms with Crippen molar-refractivity contribution in [1.82, 2.24) is 29.3 Å². The van der Waals surface area contributed by atoms with E-state index in [2.05, 4.69) is 14.5 Å². The van der Waals surface area contributed by atoms with Gasteiger partial charge in [0.15, 0.2) is 11.4 Å². The molecule has 64 heavy (non-hydrogen) atoms. The van der Waals surface area contributed by atoms with Gasteiger partial charge < -0.3 is 24.2 Å². The molecule has 3 aliphatic rings. The molecule has 2 amide bonds. The lowest BCUT2D eigenvalue weighted by Gasteiger charge is -2.34. The first-order chi connectivity index (χ1) is 30.5. The third-order valence-corrected chi connectivity index (χ3v) is 13.2. The molecule has 3 fully saturated rings. The van der Waals surface area contributed by atoms with Gasteiger partial charge in [-0.2, -0.15) is 5.10 Å². The highest BCUT2D eigenvalue weighted by molar-refractivity contribution is 7.92. The number of hydrogen-bond acceptors (Lipinski definition) is 11. The number of ether oxygens (including phenoxy) is 2. The van der Waals surface area contributed by atoms with E-state index in [-0.39, 0.29) is 42.2 Å². The second-order valence-electron chi connectivity index (χ2n) is 18.5. The number of sulfonamides is 1. The number of ketones is 1. The van der Waals surface area contributed by atoms with Crippen LogP contribution >= 0.6 is 11.6 Å². The fourth-order valence-electron chi connectivity index (χ4n) is 9.23. The van der Waals surface area contributed by atoms with Gasteiger partial charge in [-0.05, 0) is 90.1 Å². The molecule has 2 aromatic carbocycles. The molecule has 1 saturated carbocycles. The van der Waals surface area contributed by atoms with Crippen molar-refractivity contribution in [3.63, 3.8) is 0 Å². The van der Waals surface area contributed by atoms with Crippen LogP contribution in [0.3, 0.4) is 0 Å². The van der Waals surface area contributed by atoms with E-state index >= 15 is 0 Å². The van der Waals surface area contributed by atoms with E-state index in [4.69, 9.17) is 31.2 Å². The summed E-state index contributed by atoms with van der Waals surface area (Å²) in [7, 11) is -3.65. The molecule has 7 rings (SSSR count). The first kappa shape index (κ1) is 47.0. The Morgan fingerprint density at radius 1 is 0.938 bits per heavy atom. The second-order valence-corrected chi connectivity index (χ2v) is 20.7. The largest absolute Gasteiger partial charge is 0.445 e. The molecule has 4 heterocycles. The number of carbonyl (C=O) groups excluding carboxylic acids is 3. The number of nitrogens with zero attached hydrogens (tertiary/aromatic N) is 7. The number of Topliss-reactive ketones (excluding diaryl/α,β-unsaturated/α-hetero) is 1. The molecule has 1 aliphatic carbocycles. The number of rotatable bonds is 14. The summed E-state index contributed by atoms with van der Waals surface area (Å²) in [5, 5.41) is 5.32. The molecular weight excluding hydrogens is 856 g/mol. The first-order valence-electron chi connectivity index (χ1n) is 22.6. The molecule has 15 nitrogen and oxygen atoms in total. The highest BCUT2D eigenvalue weighted by atomic mass is 35.5. The SMILES string of the molecule is Cc1cn2nc([C@@H]3CCCCCC3C(=O)c3ccc(Cl)cc3NS(C)(=O)=O)cc2nc1N1CC[C@H](N(CCCCN2CCN(C(=O)OCc3ccccc3)CC2)C(=O)OC(C)(C)C)C1. The molecule has 3 atom stereocenters. The number of aromatic nitrogens is 3. The number of benzene rings is 2. The summed E-state index contributed by atoms with van der Waals surface area (Å²) in [5.74, 6) is 0.115. The number of fused-ring (bicyclic) bond motifs is 1. The zero-order chi connectivity index (χ0) is 45.6. The van der Waals surface area contributed by atoms with Gasteiger partial charge in [0, 0.05) is 86.1 Å². The minimum atomic E-state index is -3.65. The number of anilines is 2. The van der Waals surface area contributed by atoms with E-state index < -0.39 is 21.5 Å². The Morgan fingerprint density at radius 3 is 2.42 bits per heavy atom. The average Bonchev–Trinajstić information content (AvgIpc) is 3.81. The van der Waals surface area contributed by atoms with Crippen LogP contribution in [0.4, 0.5) is 21.1 Å². The number of carbonyl (C=O) groups is 3. The van der Waals surface area contributed by atoms with Crippen LogP contribution in [0.5, 0.6) is 0 Å². The molecule has 2 aromatic heterocycles. The van der Waals surface area contributed by atoms with Crippen molar-refractivity contribution < 1.29 is 32.3 Å². The Morgan fingerprint density at radius 2 is 1.69 bits per heavy atom. The summed E-state index contributed by atoms with van der Waals surface area (Å²) in [5.41, 5.74) is 3.22. The molecule has 4 aromatic rings. The summed E-state index contributed by atoms with van der Waals surface area (Å²) in [4.78, 5) is 54.1. The Kier molecular flexibility index (Phi) is 15.1. The van der Waals surface area contributed by atoms with Gasteiger partial charge in [-0.25, -0.2) is 27.5 Å². The molecule has 1 unspecified atom stereocenters. The molecule has 2 aliphatic heterocycles. The lowest BCUT2D eigenvalue weighted by Crippen LogP contribution is -2.49. The number of halogens is 1. The van der Waals surface area contributed by atoms with Crippen molar-refractivity contribution in [3.8, 4) is 0 Å². The minimum absolute atomic E-state index is 0.0640. The monoisotopic (exact) mass is 918 g/mol. The van der Waals surface area contributed by atoms with Gasteiger partial charge in [0.05, 0.1) is 23.7 Å². The quantitative estimate of drug-likeness (QED) is 0.0739. The maximum atomic E-state index is 14.3. The van der Waals surface area contributed by atoms with E-state index in [1.54, 1.807) is 21.5 Å². The van der Waals surface area contributed by atoms with Crippen molar-refractivity contribution in [2.45, 2.75) is 103 Å². The molecule has 2 saturated heterocycles. The van der Waals surface area contributed by atoms with Gasteiger partial charge in [0.25, 0.3) is 0 Å². The van der Waals surface area contributed by atoms with E-state index in [1.165, 1.54) is 6.07 Å². The zero-order valence-electron chi connectivity index (χ0n) is 37.8. The van der Waals surface area contributed by atoms with Crippen LogP contribution in [0, 0.1) is 12.8 Å². The first-order valence-corrected chi connectivity index (χ1v) is 24.9. The predicted octanol–water partition coefficient (Wildman–Crippen LogP) is 8.16. The number of piperazine rings is 1. The fourth-order valence-corrected chi connectivity index (χ4v) is 9.97. The number of aryl methyl sites for hydroxylation is 1. The molecule has 346 valence electrons. The Hall–Kier alpha value is -4.93. The summed E-state index contributed by atoms with van der Waals surface area (Å²) in [6, 6.07) is 16.3. The zero-order valence-corrected chi connectivity index (χ0v) is 39.4. The van der Waals surface area contributed by atoms with Crippen LogP contribution in [0.1, 0.15) is 105 Å². The molecule has 0 bridgehead atoms. The second kappa shape index (κ2) is 20.5. The third kappa shape index (κ3) is 12.2. The van der Waals surface area contributed by atoms with E-state index in [1.807, 2.05) is 75.2 Å². The van der Waals surface area contributed by atoms with Crippen molar-refractivity contribution in [2.24, 2.45) is 5.92 Å². The number of unbranched alkanes of at least 4 members (excludes halogenated alkanes) is 1. The highest BCUT2D eigenvalue weighted by Crippen LogP contribution is 2.40. The van der Waals surface area contributed by atoms with Gasteiger partial charge in [-0.15, -0.1) is 0 Å². The Balaban J connectivity index is 0.985. The maximum Gasteiger partial charge on any atom is 0.410 e. The van der Waals surface area contributed by atoms with E-state index in [0.29, 0.717) is 48.8 Å². The Labute approximate surface area is 382 Å². The van der Waals surface area contributed by atoms with Crippen LogP contribution in [0.2, 0.25) is 5.02 Å². The molecule has 0 spiro atoms. The van der Waals surface area contributed by atoms with Gasteiger partial charge in [-0.3, -0.25) is 14.4 Å². The van der Waals surface area contributed by atoms with Gasteiger partial charge in [0.1, 0.15) is 18.0 Å². The van der Waals surface area contributed by atoms with Crippen LogP contribution in [0.25, 0.3) is 5.65 Å². The van der Waals surface area contributed by atoms with Crippen LogP contribution < -0.4 is 9.62 Å². The molecule has 1 N–H and O–H groups in total. The van der Waals surface area contributed by atoms with Crippen LogP contribution in [0.15, 0.2) is 60.8 Å². The van der Waals surface area contributed by atoms with E-state index in [0.717, 1.165) is 100 Å². The van der Waals surface area contributed by atoms with Gasteiger partial charge in [-0.1, -0.05) is 61.2 Å². The van der Waals surface area contributed by atoms with E-state index in [9.17, 15) is 22.8 Å². The summed E-state index contributed by atoms with van der Waals surface area (Å²) < 4.78 is 40.2. The number of hydrogen-bond donors (Lipinski definition) is 1. The summed E-state index contributed by atoms with van der Waals surface area (Å²) >= 11 is 6.24. The van der Waals surface area contributed by atoms with Crippen molar-refractivity contribution in [1.29, 1.82) is 0 Å². The third-order valence-electron chi connectivity index (χ3n) is 12.4. The standard InChI is InChI=1S/C47H63ClN8O7S/c1-33-30-56-42(29-40(50-56)37-16-10-7-11-17-38(37)43(57)39-19-18-35(48)28-41(39)51-64(5,60)61)49-44(33)54-23-20-36(31-54)55(46(59)63-47(2,3)4)22-13-12-21-52-24-26-53(27-25-52)45(58)62-32-34-14-8-6-9-15-34/h6,8-9,14-15,18-19,28-30,36-38,51H,7,10-13,16-17,20-27,31-32H2,1-5H3/t36-,37+,38?/m0/s1. The Bertz CT molecular complexity index is 2380. The fraction of sp³-hybridized carbons (Fsp3) is 0.553. The topological polar surface area (TPSA) is 159 Å². The molecule has 0 radical (unpaired) electrons. The number of nitrogens with one attached hydrogen (secondary N) is 1. The predicted molar refractivity (Wildman–Crippen MR) is 249 cm³/mol. The van der Waals surface area contributed by atoms with Gasteiger partial charge in [0.2, 0.25) is 10.0 Å². The highest BCUT2D eigenvalue weighted by Gasteiger charge is 2.37. The van der Waals surface area contributed by atoms with Crippen LogP contribution in [-0.4, -0.2) is 126 Å². The smallest absolute Gasteiger partial charge is 0.410 e. The summed E-state index contributed by atoms with van der Waals surface area (Å²) in [6.45, 7) is 13.5. The average molecular weight is 920 g/mol. The van der Waals surface area contributed by atoms with Crippen molar-refractivity contribution >= 4 is 56.7 Å². The normalized spacial score (nSPS) is 19.9. The van der Waals surface area contributed by atoms with Gasteiger partial charge >= 0.3 is 12.2 Å². The lowest BCUT2D eigenvalue weighted by atomic mass is 9.80. The minimum Gasteiger partial charge on any atom is -0.445 e. The molecular formula is C47H63ClN8O7S. The van der Waals surface area contributed by atoms with Crippen molar-refractivity contribution in [2.75, 3.05) is 68.2 Å². The summed E-state index contributed by atoms with van der Waals surface area (Å²) in [6.07, 6.45) is 9.18. The molecule has 17 heteroatoms. The number of amides is 2. The maximum absolute atomic E-state index is 14.3.